The molecular weight excluding hydrogens is 701 g/mol. The van der Waals surface area contributed by atoms with E-state index in [-0.39, 0.29) is 0 Å². The van der Waals surface area contributed by atoms with E-state index < -0.39 is 0 Å². The Morgan fingerprint density at radius 2 is 0.789 bits per heavy atom. The van der Waals surface area contributed by atoms with Crippen LogP contribution in [0.3, 0.4) is 0 Å². The minimum absolute atomic E-state index is 0.465. The molecule has 0 atom stereocenters. The summed E-state index contributed by atoms with van der Waals surface area (Å²) in [6.45, 7) is 0. The lowest BCUT2D eigenvalue weighted by Gasteiger charge is -2.24. The summed E-state index contributed by atoms with van der Waals surface area (Å²) in [6.07, 6.45) is 0. The molecular formula is C51H32N4O2. The fourth-order valence-corrected chi connectivity index (χ4v) is 7.80. The molecule has 0 aliphatic carbocycles. The third kappa shape index (κ3) is 5.79. The number of hydrogen-bond donors (Lipinski definition) is 0. The van der Waals surface area contributed by atoms with Gasteiger partial charge in [0.2, 0.25) is 0 Å². The third-order valence-electron chi connectivity index (χ3n) is 10.5. The van der Waals surface area contributed by atoms with Crippen LogP contribution in [0.2, 0.25) is 0 Å². The molecule has 1 aliphatic rings. The van der Waals surface area contributed by atoms with Crippen molar-refractivity contribution in [2.75, 3.05) is 0 Å². The maximum absolute atomic E-state index is 6.72. The lowest BCUT2D eigenvalue weighted by Crippen LogP contribution is -2.06. The number of fused-ring (bicyclic) bond motifs is 5. The summed E-state index contributed by atoms with van der Waals surface area (Å²) in [7, 11) is 0. The second-order valence-electron chi connectivity index (χ2n) is 14.0. The average molecular weight is 733 g/mol. The largest absolute Gasteiger partial charge is 0.449 e. The Hall–Kier alpha value is -7.83. The number of benzene rings is 8. The SMILES string of the molecule is c1ccc(-c2cc(-c3ccccc3)cc(-c3nc(-c4ccccc4)nc(-c4cc(-n5c6ccccc6c6ccccc65)cc5c4Oc4ccccc4O5)n3)c2)cc1. The first kappa shape index (κ1) is 32.6. The number of nitrogens with zero attached hydrogens (tertiary/aromatic N) is 4. The van der Waals surface area contributed by atoms with Crippen molar-refractivity contribution < 1.29 is 9.47 Å². The summed E-state index contributed by atoms with van der Waals surface area (Å²) in [6, 6.07) is 66.3. The lowest BCUT2D eigenvalue weighted by atomic mass is 9.96. The van der Waals surface area contributed by atoms with Crippen molar-refractivity contribution in [3.63, 3.8) is 0 Å². The first-order valence-corrected chi connectivity index (χ1v) is 18.9. The highest BCUT2D eigenvalue weighted by Crippen LogP contribution is 2.51. The number of para-hydroxylation sites is 4. The van der Waals surface area contributed by atoms with Gasteiger partial charge in [0.1, 0.15) is 0 Å². The number of hydrogen-bond acceptors (Lipinski definition) is 5. The second-order valence-corrected chi connectivity index (χ2v) is 14.0. The molecule has 0 radical (unpaired) electrons. The van der Waals surface area contributed by atoms with Gasteiger partial charge in [-0.15, -0.1) is 0 Å². The molecule has 2 aromatic heterocycles. The van der Waals surface area contributed by atoms with E-state index in [2.05, 4.69) is 126 Å². The Labute approximate surface area is 328 Å². The molecule has 11 rings (SSSR count). The van der Waals surface area contributed by atoms with Crippen molar-refractivity contribution >= 4 is 21.8 Å². The summed E-state index contributed by atoms with van der Waals surface area (Å²) < 4.78 is 15.6. The van der Waals surface area contributed by atoms with Gasteiger partial charge in [0.25, 0.3) is 0 Å². The molecule has 6 heteroatoms. The minimum Gasteiger partial charge on any atom is -0.449 e. The standard InChI is InChI=1S/C51H32N4O2/c1-4-16-33(17-5-1)36-28-37(34-18-6-2-7-19-34)30-38(29-36)50-52-49(35-20-8-3-9-21-35)53-51(54-50)42-31-39(32-47-48(42)57-46-27-15-14-26-45(46)56-47)55-43-24-12-10-22-40(43)41-23-11-13-25-44(41)55/h1-32H. The van der Waals surface area contributed by atoms with Gasteiger partial charge in [-0.3, -0.25) is 0 Å². The van der Waals surface area contributed by atoms with E-state index in [0.29, 0.717) is 46.0 Å². The van der Waals surface area contributed by atoms with Crippen molar-refractivity contribution in [3.8, 4) is 85.1 Å². The fourth-order valence-electron chi connectivity index (χ4n) is 7.80. The van der Waals surface area contributed by atoms with Crippen molar-refractivity contribution in [2.24, 2.45) is 0 Å². The van der Waals surface area contributed by atoms with Gasteiger partial charge in [0, 0.05) is 28.0 Å². The highest BCUT2D eigenvalue weighted by Gasteiger charge is 2.27. The maximum Gasteiger partial charge on any atom is 0.181 e. The van der Waals surface area contributed by atoms with Crippen molar-refractivity contribution in [3.05, 3.63) is 194 Å². The Morgan fingerprint density at radius 1 is 0.333 bits per heavy atom. The maximum atomic E-state index is 6.72. The van der Waals surface area contributed by atoms with Gasteiger partial charge in [-0.25, -0.2) is 15.0 Å². The van der Waals surface area contributed by atoms with E-state index in [1.807, 2.05) is 72.8 Å². The molecule has 0 N–H and O–H groups in total. The predicted molar refractivity (Wildman–Crippen MR) is 228 cm³/mol. The van der Waals surface area contributed by atoms with E-state index in [1.54, 1.807) is 0 Å². The predicted octanol–water partition coefficient (Wildman–Crippen LogP) is 13.2. The summed E-state index contributed by atoms with van der Waals surface area (Å²) in [5.74, 6) is 3.93. The van der Waals surface area contributed by atoms with Gasteiger partial charge in [-0.05, 0) is 70.8 Å². The highest BCUT2D eigenvalue weighted by molar-refractivity contribution is 6.09. The summed E-state index contributed by atoms with van der Waals surface area (Å²) in [5, 5.41) is 2.33. The zero-order chi connectivity index (χ0) is 37.7. The highest BCUT2D eigenvalue weighted by atomic mass is 16.6. The van der Waals surface area contributed by atoms with Gasteiger partial charge < -0.3 is 14.0 Å². The van der Waals surface area contributed by atoms with Gasteiger partial charge in [0.05, 0.1) is 22.3 Å². The van der Waals surface area contributed by atoms with Crippen LogP contribution in [0.1, 0.15) is 0 Å². The van der Waals surface area contributed by atoms with Gasteiger partial charge in [0.15, 0.2) is 40.5 Å². The zero-order valence-electron chi connectivity index (χ0n) is 30.6. The molecule has 0 fully saturated rings. The van der Waals surface area contributed by atoms with Crippen molar-refractivity contribution in [2.45, 2.75) is 0 Å². The van der Waals surface area contributed by atoms with Gasteiger partial charge in [-0.1, -0.05) is 140 Å². The molecule has 8 aromatic carbocycles. The molecule has 0 amide bonds. The Bertz CT molecular complexity index is 3010. The van der Waals surface area contributed by atoms with Crippen molar-refractivity contribution in [1.29, 1.82) is 0 Å². The van der Waals surface area contributed by atoms with Gasteiger partial charge in [-0.2, -0.15) is 0 Å². The van der Waals surface area contributed by atoms with E-state index >= 15 is 0 Å². The fraction of sp³-hybridized carbons (Fsp3) is 0. The van der Waals surface area contributed by atoms with Crippen LogP contribution in [0.5, 0.6) is 23.0 Å². The number of aromatic nitrogens is 4. The summed E-state index contributed by atoms with van der Waals surface area (Å²) in [5.41, 5.74) is 9.81. The van der Waals surface area contributed by atoms with E-state index in [1.165, 1.54) is 0 Å². The number of rotatable bonds is 6. The second kappa shape index (κ2) is 13.5. The van der Waals surface area contributed by atoms with E-state index in [0.717, 1.165) is 60.9 Å². The van der Waals surface area contributed by atoms with Crippen LogP contribution in [-0.2, 0) is 0 Å². The molecule has 3 heterocycles. The number of ether oxygens (including phenoxy) is 2. The summed E-state index contributed by atoms with van der Waals surface area (Å²) >= 11 is 0. The van der Waals surface area contributed by atoms with Crippen LogP contribution in [0.4, 0.5) is 0 Å². The molecule has 10 aromatic rings. The van der Waals surface area contributed by atoms with Crippen LogP contribution >= 0.6 is 0 Å². The molecule has 57 heavy (non-hydrogen) atoms. The molecule has 0 saturated carbocycles. The minimum atomic E-state index is 0.465. The lowest BCUT2D eigenvalue weighted by molar-refractivity contribution is 0.360. The van der Waals surface area contributed by atoms with E-state index in [9.17, 15) is 0 Å². The normalized spacial score (nSPS) is 11.8. The first-order chi connectivity index (χ1) is 28.2. The first-order valence-electron chi connectivity index (χ1n) is 18.9. The monoisotopic (exact) mass is 732 g/mol. The van der Waals surface area contributed by atoms with Crippen LogP contribution < -0.4 is 9.47 Å². The Kier molecular flexibility index (Phi) is 7.71. The van der Waals surface area contributed by atoms with Crippen molar-refractivity contribution in [1.82, 2.24) is 19.5 Å². The molecule has 0 bridgehead atoms. The molecule has 0 saturated heterocycles. The molecule has 0 unspecified atom stereocenters. The molecule has 268 valence electrons. The molecule has 6 nitrogen and oxygen atoms in total. The Morgan fingerprint density at radius 3 is 1.39 bits per heavy atom. The topological polar surface area (TPSA) is 62.1 Å². The quantitative estimate of drug-likeness (QED) is 0.170. The van der Waals surface area contributed by atoms with Crippen LogP contribution in [-0.4, -0.2) is 19.5 Å². The Balaban J connectivity index is 1.18. The van der Waals surface area contributed by atoms with E-state index in [4.69, 9.17) is 24.4 Å². The smallest absolute Gasteiger partial charge is 0.181 e. The van der Waals surface area contributed by atoms with Crippen LogP contribution in [0, 0.1) is 0 Å². The summed E-state index contributed by atoms with van der Waals surface area (Å²) in [4.78, 5) is 15.7. The molecule has 1 aliphatic heterocycles. The average Bonchev–Trinajstić information content (AvgIpc) is 3.63. The zero-order valence-corrected chi connectivity index (χ0v) is 30.6. The van der Waals surface area contributed by atoms with Crippen LogP contribution in [0.15, 0.2) is 194 Å². The molecule has 0 spiro atoms. The van der Waals surface area contributed by atoms with Crippen LogP contribution in [0.25, 0.3) is 83.9 Å². The van der Waals surface area contributed by atoms with Gasteiger partial charge >= 0.3 is 0 Å². The third-order valence-corrected chi connectivity index (χ3v) is 10.5.